The fourth-order valence-corrected chi connectivity index (χ4v) is 2.22. The Morgan fingerprint density at radius 1 is 1.44 bits per heavy atom. The van der Waals surface area contributed by atoms with Crippen LogP contribution in [0.1, 0.15) is 26.2 Å². The number of nitrogens with one attached hydrogen (secondary N) is 1. The van der Waals surface area contributed by atoms with Gasteiger partial charge in [0.25, 0.3) is 0 Å². The molecule has 0 aromatic heterocycles. The summed E-state index contributed by atoms with van der Waals surface area (Å²) in [6.45, 7) is 3.36. The molecule has 2 aliphatic carbocycles. The fourth-order valence-electron chi connectivity index (χ4n) is 2.22. The van der Waals surface area contributed by atoms with Gasteiger partial charge in [-0.1, -0.05) is 6.92 Å². The summed E-state index contributed by atoms with van der Waals surface area (Å²) in [5.41, 5.74) is 0. The van der Waals surface area contributed by atoms with E-state index in [0.717, 1.165) is 24.4 Å². The molecule has 0 aromatic rings. The molecule has 0 bridgehead atoms. The third-order valence-corrected chi connectivity index (χ3v) is 2.81. The average molecular weight is 125 g/mol. The van der Waals surface area contributed by atoms with Gasteiger partial charge in [0.2, 0.25) is 0 Å². The van der Waals surface area contributed by atoms with Crippen molar-refractivity contribution in [2.75, 3.05) is 6.54 Å². The van der Waals surface area contributed by atoms with E-state index in [1.54, 1.807) is 0 Å². The molecule has 3 atom stereocenters. The van der Waals surface area contributed by atoms with E-state index < -0.39 is 0 Å². The average Bonchev–Trinajstić information content (AvgIpc) is 2.54. The van der Waals surface area contributed by atoms with Gasteiger partial charge in [-0.2, -0.15) is 0 Å². The first-order valence-corrected chi connectivity index (χ1v) is 4.15. The van der Waals surface area contributed by atoms with Gasteiger partial charge >= 0.3 is 0 Å². The summed E-state index contributed by atoms with van der Waals surface area (Å²) in [6, 6.07) is 0.903. The third-order valence-electron chi connectivity index (χ3n) is 2.81. The van der Waals surface area contributed by atoms with Crippen molar-refractivity contribution in [1.29, 1.82) is 0 Å². The quantitative estimate of drug-likeness (QED) is 0.588. The van der Waals surface area contributed by atoms with Crippen molar-refractivity contribution in [1.82, 2.24) is 5.32 Å². The minimum atomic E-state index is 0.903. The third kappa shape index (κ3) is 0.877. The molecular weight excluding hydrogens is 110 g/mol. The van der Waals surface area contributed by atoms with Crippen LogP contribution < -0.4 is 5.32 Å². The lowest BCUT2D eigenvalue weighted by Gasteiger charge is -2.10. The number of fused-ring (bicyclic) bond motifs is 1. The van der Waals surface area contributed by atoms with E-state index in [2.05, 4.69) is 12.2 Å². The van der Waals surface area contributed by atoms with Crippen molar-refractivity contribution >= 4 is 0 Å². The molecule has 0 aromatic carbocycles. The maximum atomic E-state index is 3.54. The molecule has 0 amide bonds. The molecular formula is C8H15N. The van der Waals surface area contributed by atoms with Gasteiger partial charge in [0.15, 0.2) is 0 Å². The van der Waals surface area contributed by atoms with Crippen LogP contribution in [0.5, 0.6) is 0 Å². The van der Waals surface area contributed by atoms with Crippen LogP contribution in [0.3, 0.4) is 0 Å². The molecule has 52 valence electrons. The normalized spacial score (nSPS) is 47.0. The minimum absolute atomic E-state index is 0.903. The summed E-state index contributed by atoms with van der Waals surface area (Å²) in [7, 11) is 0. The summed E-state index contributed by atoms with van der Waals surface area (Å²) in [5.74, 6) is 2.22. The predicted molar refractivity (Wildman–Crippen MR) is 38.3 cm³/mol. The van der Waals surface area contributed by atoms with Crippen molar-refractivity contribution in [3.63, 3.8) is 0 Å². The van der Waals surface area contributed by atoms with Gasteiger partial charge < -0.3 is 5.32 Å². The second kappa shape index (κ2) is 1.98. The molecule has 9 heavy (non-hydrogen) atoms. The Kier molecular flexibility index (Phi) is 1.26. The van der Waals surface area contributed by atoms with E-state index in [-0.39, 0.29) is 0 Å². The number of rotatable bonds is 2. The molecule has 0 saturated heterocycles. The van der Waals surface area contributed by atoms with Gasteiger partial charge in [-0.15, -0.1) is 0 Å². The first-order chi connectivity index (χ1) is 4.42. The monoisotopic (exact) mass is 125 g/mol. The molecule has 0 radical (unpaired) electrons. The van der Waals surface area contributed by atoms with Gasteiger partial charge in [-0.3, -0.25) is 0 Å². The lowest BCUT2D eigenvalue weighted by atomic mass is 10.2. The highest BCUT2D eigenvalue weighted by molar-refractivity contribution is 5.00. The zero-order chi connectivity index (χ0) is 6.27. The van der Waals surface area contributed by atoms with Crippen LogP contribution in [0, 0.1) is 11.8 Å². The zero-order valence-electron chi connectivity index (χ0n) is 6.06. The maximum absolute atomic E-state index is 3.54. The van der Waals surface area contributed by atoms with Crippen molar-refractivity contribution in [2.24, 2.45) is 11.8 Å². The second-order valence-electron chi connectivity index (χ2n) is 3.40. The zero-order valence-corrected chi connectivity index (χ0v) is 6.06. The largest absolute Gasteiger partial charge is 0.314 e. The van der Waals surface area contributed by atoms with Gasteiger partial charge in [0.05, 0.1) is 0 Å². The molecule has 0 heterocycles. The smallest absolute Gasteiger partial charge is 0.00980 e. The van der Waals surface area contributed by atoms with Crippen LogP contribution in [0.25, 0.3) is 0 Å². The van der Waals surface area contributed by atoms with E-state index in [1.807, 2.05) is 0 Å². The van der Waals surface area contributed by atoms with Gasteiger partial charge in [-0.25, -0.2) is 0 Å². The fraction of sp³-hybridized carbons (Fsp3) is 1.00. The summed E-state index contributed by atoms with van der Waals surface area (Å²) in [5, 5.41) is 3.54. The second-order valence-corrected chi connectivity index (χ2v) is 3.40. The Bertz CT molecular complexity index is 111. The number of hydrogen-bond donors (Lipinski definition) is 1. The SMILES string of the molecule is CCN[C@@H]1CC[C@@H]2C[C@@H]21. The molecule has 1 nitrogen and oxygen atoms in total. The molecule has 2 rings (SSSR count). The van der Waals surface area contributed by atoms with Gasteiger partial charge in [-0.05, 0) is 37.6 Å². The predicted octanol–water partition coefficient (Wildman–Crippen LogP) is 1.39. The molecule has 2 fully saturated rings. The molecule has 2 aliphatic rings. The van der Waals surface area contributed by atoms with Crippen molar-refractivity contribution in [3.05, 3.63) is 0 Å². The molecule has 0 unspecified atom stereocenters. The highest BCUT2D eigenvalue weighted by atomic mass is 14.9. The van der Waals surface area contributed by atoms with E-state index in [9.17, 15) is 0 Å². The van der Waals surface area contributed by atoms with Crippen LogP contribution in [0.2, 0.25) is 0 Å². The minimum Gasteiger partial charge on any atom is -0.314 e. The van der Waals surface area contributed by atoms with E-state index in [4.69, 9.17) is 0 Å². The van der Waals surface area contributed by atoms with Crippen LogP contribution in [-0.2, 0) is 0 Å². The molecule has 2 saturated carbocycles. The summed E-state index contributed by atoms with van der Waals surface area (Å²) < 4.78 is 0. The van der Waals surface area contributed by atoms with Crippen LogP contribution in [-0.4, -0.2) is 12.6 Å². The highest BCUT2D eigenvalue weighted by Crippen LogP contribution is 2.51. The van der Waals surface area contributed by atoms with Crippen LogP contribution in [0.4, 0.5) is 0 Å². The van der Waals surface area contributed by atoms with Gasteiger partial charge in [0.1, 0.15) is 0 Å². The lowest BCUT2D eigenvalue weighted by Crippen LogP contribution is -2.28. The van der Waals surface area contributed by atoms with E-state index in [1.165, 1.54) is 19.3 Å². The first kappa shape index (κ1) is 5.72. The van der Waals surface area contributed by atoms with Crippen molar-refractivity contribution < 1.29 is 0 Å². The topological polar surface area (TPSA) is 12.0 Å². The van der Waals surface area contributed by atoms with Crippen molar-refractivity contribution in [3.8, 4) is 0 Å². The lowest BCUT2D eigenvalue weighted by molar-refractivity contribution is 0.489. The standard InChI is InChI=1S/C8H15N/c1-2-9-8-4-3-6-5-7(6)8/h6-9H,2-5H2,1H3/t6-,7+,8-/m1/s1. The van der Waals surface area contributed by atoms with Crippen molar-refractivity contribution in [2.45, 2.75) is 32.2 Å². The summed E-state index contributed by atoms with van der Waals surface area (Å²) in [4.78, 5) is 0. The Hall–Kier alpha value is -0.0400. The van der Waals surface area contributed by atoms with Crippen LogP contribution in [0.15, 0.2) is 0 Å². The van der Waals surface area contributed by atoms with E-state index in [0.29, 0.717) is 0 Å². The summed E-state index contributed by atoms with van der Waals surface area (Å²) in [6.07, 6.45) is 4.48. The van der Waals surface area contributed by atoms with E-state index >= 15 is 0 Å². The first-order valence-electron chi connectivity index (χ1n) is 4.15. The molecule has 0 aliphatic heterocycles. The highest BCUT2D eigenvalue weighted by Gasteiger charge is 2.47. The maximum Gasteiger partial charge on any atom is 0.00980 e. The molecule has 1 N–H and O–H groups in total. The Morgan fingerprint density at radius 3 is 2.78 bits per heavy atom. The Morgan fingerprint density at radius 2 is 2.33 bits per heavy atom. The Balaban J connectivity index is 1.84. The molecule has 1 heteroatoms. The molecule has 0 spiro atoms. The number of hydrogen-bond acceptors (Lipinski definition) is 1. The van der Waals surface area contributed by atoms with Gasteiger partial charge in [0, 0.05) is 6.04 Å². The van der Waals surface area contributed by atoms with Crippen LogP contribution >= 0.6 is 0 Å². The summed E-state index contributed by atoms with van der Waals surface area (Å²) >= 11 is 0. The Labute approximate surface area is 56.8 Å².